The van der Waals surface area contributed by atoms with E-state index in [1.54, 1.807) is 18.2 Å². The summed E-state index contributed by atoms with van der Waals surface area (Å²) >= 11 is 0. The molecule has 2 aromatic rings. The normalized spacial score (nSPS) is 19.6. The van der Waals surface area contributed by atoms with Crippen molar-refractivity contribution < 1.29 is 26.0 Å². The second-order valence-corrected chi connectivity index (χ2v) is 8.35. The van der Waals surface area contributed by atoms with Gasteiger partial charge in [-0.25, -0.2) is 12.7 Å². The van der Waals surface area contributed by atoms with E-state index in [0.29, 0.717) is 24.9 Å². The molecule has 1 fully saturated rings. The van der Waals surface area contributed by atoms with Crippen LogP contribution >= 0.6 is 0 Å². The Morgan fingerprint density at radius 2 is 2.08 bits per heavy atom. The molecule has 1 aliphatic heterocycles. The first kappa shape index (κ1) is 18.8. The minimum atomic E-state index is -4.71. The summed E-state index contributed by atoms with van der Waals surface area (Å²) in [4.78, 5) is 0. The highest BCUT2D eigenvalue weighted by Crippen LogP contribution is 2.32. The van der Waals surface area contributed by atoms with E-state index in [-0.39, 0.29) is 18.2 Å². The van der Waals surface area contributed by atoms with E-state index in [2.05, 4.69) is 10.2 Å². The van der Waals surface area contributed by atoms with Gasteiger partial charge in [0.15, 0.2) is 0 Å². The molecular weight excluding hydrogens is 371 g/mol. The zero-order valence-corrected chi connectivity index (χ0v) is 14.8. The van der Waals surface area contributed by atoms with Crippen molar-refractivity contribution in [3.8, 4) is 0 Å². The third-order valence-corrected chi connectivity index (χ3v) is 6.06. The van der Waals surface area contributed by atoms with Crippen LogP contribution in [0.5, 0.6) is 0 Å². The lowest BCUT2D eigenvalue weighted by Crippen LogP contribution is -2.39. The summed E-state index contributed by atoms with van der Waals surface area (Å²) < 4.78 is 69.2. The van der Waals surface area contributed by atoms with Crippen molar-refractivity contribution in [3.05, 3.63) is 47.2 Å². The predicted octanol–water partition coefficient (Wildman–Crippen LogP) is 3.11. The third kappa shape index (κ3) is 4.24. The average Bonchev–Trinajstić information content (AvgIpc) is 3.05. The largest absolute Gasteiger partial charge is 0.470 e. The molecule has 1 atom stereocenters. The van der Waals surface area contributed by atoms with Crippen molar-refractivity contribution >= 4 is 10.0 Å². The van der Waals surface area contributed by atoms with E-state index in [1.807, 2.05) is 13.0 Å². The summed E-state index contributed by atoms with van der Waals surface area (Å²) in [7, 11) is -3.59. The maximum absolute atomic E-state index is 12.7. The van der Waals surface area contributed by atoms with Crippen LogP contribution in [0.2, 0.25) is 0 Å². The minimum Gasteiger partial charge on any atom is -0.417 e. The first-order chi connectivity index (χ1) is 12.1. The molecule has 1 aromatic heterocycles. The number of piperidine rings is 1. The molecule has 1 saturated heterocycles. The van der Waals surface area contributed by atoms with Gasteiger partial charge in [-0.1, -0.05) is 29.8 Å². The lowest BCUT2D eigenvalue weighted by Gasteiger charge is -2.30. The number of aromatic nitrogens is 2. The molecule has 1 aliphatic rings. The van der Waals surface area contributed by atoms with Gasteiger partial charge in [-0.3, -0.25) is 0 Å². The van der Waals surface area contributed by atoms with Crippen LogP contribution in [0.4, 0.5) is 13.2 Å². The molecule has 10 heteroatoms. The van der Waals surface area contributed by atoms with Crippen LogP contribution in [0.1, 0.15) is 41.7 Å². The molecule has 1 aromatic carbocycles. The monoisotopic (exact) mass is 389 g/mol. The standard InChI is InChI=1S/C16H18F3N3O3S/c1-11-4-2-5-12(8-11)10-26(23,24)22-7-3-6-13(9-22)14-20-21-15(25-14)16(17,18)19/h2,4-5,8,13H,3,6-7,9-10H2,1H3. The van der Waals surface area contributed by atoms with Crippen molar-refractivity contribution in [1.82, 2.24) is 14.5 Å². The topological polar surface area (TPSA) is 76.3 Å². The van der Waals surface area contributed by atoms with Crippen LogP contribution in [-0.4, -0.2) is 36.0 Å². The summed E-state index contributed by atoms with van der Waals surface area (Å²) in [6.07, 6.45) is -3.70. The molecule has 0 saturated carbocycles. The number of sulfonamides is 1. The Morgan fingerprint density at radius 1 is 1.31 bits per heavy atom. The number of benzene rings is 1. The van der Waals surface area contributed by atoms with Gasteiger partial charge in [0.25, 0.3) is 0 Å². The van der Waals surface area contributed by atoms with E-state index < -0.39 is 28.0 Å². The first-order valence-corrected chi connectivity index (χ1v) is 9.70. The predicted molar refractivity (Wildman–Crippen MR) is 86.7 cm³/mol. The van der Waals surface area contributed by atoms with Gasteiger partial charge >= 0.3 is 12.1 Å². The van der Waals surface area contributed by atoms with Crippen LogP contribution in [0.15, 0.2) is 28.7 Å². The highest BCUT2D eigenvalue weighted by molar-refractivity contribution is 7.88. The summed E-state index contributed by atoms with van der Waals surface area (Å²) in [5.41, 5.74) is 1.63. The molecule has 26 heavy (non-hydrogen) atoms. The summed E-state index contributed by atoms with van der Waals surface area (Å²) in [6, 6.07) is 7.20. The van der Waals surface area contributed by atoms with E-state index in [1.165, 1.54) is 4.31 Å². The van der Waals surface area contributed by atoms with Crippen molar-refractivity contribution in [1.29, 1.82) is 0 Å². The average molecular weight is 389 g/mol. The number of rotatable bonds is 4. The zero-order chi connectivity index (χ0) is 18.9. The maximum Gasteiger partial charge on any atom is 0.470 e. The Morgan fingerprint density at radius 3 is 2.73 bits per heavy atom. The van der Waals surface area contributed by atoms with Gasteiger partial charge in [0.05, 0.1) is 11.7 Å². The highest BCUT2D eigenvalue weighted by Gasteiger charge is 2.40. The molecule has 2 heterocycles. The zero-order valence-electron chi connectivity index (χ0n) is 14.0. The maximum atomic E-state index is 12.7. The molecule has 0 spiro atoms. The van der Waals surface area contributed by atoms with Crippen molar-refractivity contribution in [3.63, 3.8) is 0 Å². The quantitative estimate of drug-likeness (QED) is 0.803. The number of hydrogen-bond donors (Lipinski definition) is 0. The van der Waals surface area contributed by atoms with Crippen LogP contribution in [0.25, 0.3) is 0 Å². The van der Waals surface area contributed by atoms with Gasteiger partial charge in [0.1, 0.15) is 0 Å². The summed E-state index contributed by atoms with van der Waals surface area (Å²) in [5, 5.41) is 6.48. The second kappa shape index (κ2) is 6.99. The molecular formula is C16H18F3N3O3S. The molecule has 0 aliphatic carbocycles. The highest BCUT2D eigenvalue weighted by atomic mass is 32.2. The lowest BCUT2D eigenvalue weighted by molar-refractivity contribution is -0.157. The Hall–Kier alpha value is -1.94. The number of alkyl halides is 3. The number of nitrogens with zero attached hydrogens (tertiary/aromatic N) is 3. The van der Waals surface area contributed by atoms with Gasteiger partial charge in [0, 0.05) is 13.1 Å². The van der Waals surface area contributed by atoms with Crippen molar-refractivity contribution in [2.75, 3.05) is 13.1 Å². The number of halogens is 3. The second-order valence-electron chi connectivity index (χ2n) is 6.39. The minimum absolute atomic E-state index is 0.0354. The Bertz CT molecular complexity index is 880. The van der Waals surface area contributed by atoms with Gasteiger partial charge in [-0.15, -0.1) is 10.2 Å². The van der Waals surface area contributed by atoms with Crippen LogP contribution in [0, 0.1) is 6.92 Å². The summed E-state index contributed by atoms with van der Waals surface area (Å²) in [5.74, 6) is -2.28. The molecule has 0 radical (unpaired) electrons. The smallest absolute Gasteiger partial charge is 0.417 e. The molecule has 3 rings (SSSR count). The van der Waals surface area contributed by atoms with Crippen LogP contribution < -0.4 is 0 Å². The summed E-state index contributed by atoms with van der Waals surface area (Å²) in [6.45, 7) is 2.24. The molecule has 1 unspecified atom stereocenters. The molecule has 0 N–H and O–H groups in total. The van der Waals surface area contributed by atoms with E-state index in [4.69, 9.17) is 4.42 Å². The third-order valence-electron chi connectivity index (χ3n) is 4.24. The Labute approximate surface area is 149 Å². The van der Waals surface area contributed by atoms with Gasteiger partial charge in [-0.2, -0.15) is 13.2 Å². The fraction of sp³-hybridized carbons (Fsp3) is 0.500. The van der Waals surface area contributed by atoms with Gasteiger partial charge < -0.3 is 4.42 Å². The molecule has 0 amide bonds. The van der Waals surface area contributed by atoms with Crippen molar-refractivity contribution in [2.45, 2.75) is 37.6 Å². The number of aryl methyl sites for hydroxylation is 1. The van der Waals surface area contributed by atoms with Crippen LogP contribution in [-0.2, 0) is 22.0 Å². The molecule has 142 valence electrons. The van der Waals surface area contributed by atoms with E-state index in [0.717, 1.165) is 5.56 Å². The number of hydrogen-bond acceptors (Lipinski definition) is 5. The van der Waals surface area contributed by atoms with Gasteiger partial charge in [-0.05, 0) is 25.3 Å². The van der Waals surface area contributed by atoms with E-state index >= 15 is 0 Å². The molecule has 6 nitrogen and oxygen atoms in total. The SMILES string of the molecule is Cc1cccc(CS(=O)(=O)N2CCCC(c3nnc(C(F)(F)F)o3)C2)c1. The van der Waals surface area contributed by atoms with E-state index in [9.17, 15) is 21.6 Å². The first-order valence-electron chi connectivity index (χ1n) is 8.09. The Balaban J connectivity index is 1.74. The fourth-order valence-corrected chi connectivity index (χ4v) is 4.61. The molecule has 0 bridgehead atoms. The van der Waals surface area contributed by atoms with Crippen LogP contribution in [0.3, 0.4) is 0 Å². The van der Waals surface area contributed by atoms with Gasteiger partial charge in [0.2, 0.25) is 15.9 Å². The lowest BCUT2D eigenvalue weighted by atomic mass is 10.00. The Kier molecular flexibility index (Phi) is 5.07. The van der Waals surface area contributed by atoms with Crippen molar-refractivity contribution in [2.24, 2.45) is 0 Å². The fourth-order valence-electron chi connectivity index (χ4n) is 3.01.